The molecule has 3 aliphatic carbocycles. The highest BCUT2D eigenvalue weighted by Gasteiger charge is 2.47. The van der Waals surface area contributed by atoms with Gasteiger partial charge in [-0.3, -0.25) is 4.79 Å². The maximum absolute atomic E-state index is 15.1. The summed E-state index contributed by atoms with van der Waals surface area (Å²) in [5.41, 5.74) is 3.42. The standard InChI is InChI=1S/C35H34F2O5/c1-3-39-35(38)28-19-27(28)25-11-9-23(17-21(25)2)42-33-15-12-26-31(16-13-29(36)34(26)33)41-24-10-14-32(30(37)18-24)40-20-22-7-5-4-6-8-22/h4-11,13-14,16,18,21,27-28,33H,3,12,15,17,19-20H2,1-2H3/t21?,27-,28+,33?/m1/s1. The summed E-state index contributed by atoms with van der Waals surface area (Å²) in [6.07, 6.45) is 6.30. The van der Waals surface area contributed by atoms with Gasteiger partial charge in [0.05, 0.1) is 18.3 Å². The van der Waals surface area contributed by atoms with Crippen LogP contribution in [0.3, 0.4) is 0 Å². The van der Waals surface area contributed by atoms with Crippen molar-refractivity contribution in [1.82, 2.24) is 0 Å². The van der Waals surface area contributed by atoms with Crippen molar-refractivity contribution in [3.8, 4) is 17.2 Å². The Hall–Kier alpha value is -4.13. The molecule has 0 aromatic heterocycles. The number of fused-ring (bicyclic) bond motifs is 1. The summed E-state index contributed by atoms with van der Waals surface area (Å²) in [6, 6.07) is 17.0. The van der Waals surface area contributed by atoms with Gasteiger partial charge in [-0.05, 0) is 73.9 Å². The first-order valence-corrected chi connectivity index (χ1v) is 14.6. The topological polar surface area (TPSA) is 54.0 Å². The fraction of sp³-hybridized carbons (Fsp3) is 0.343. The summed E-state index contributed by atoms with van der Waals surface area (Å²) >= 11 is 0. The van der Waals surface area contributed by atoms with E-state index in [4.69, 9.17) is 18.9 Å². The molecule has 5 nitrogen and oxygen atoms in total. The summed E-state index contributed by atoms with van der Waals surface area (Å²) < 4.78 is 53.1. The second-order valence-electron chi connectivity index (χ2n) is 11.2. The molecular formula is C35H34F2O5. The number of allylic oxidation sites excluding steroid dienone is 4. The van der Waals surface area contributed by atoms with Crippen molar-refractivity contribution in [3.63, 3.8) is 0 Å². The van der Waals surface area contributed by atoms with Gasteiger partial charge < -0.3 is 18.9 Å². The Morgan fingerprint density at radius 2 is 1.79 bits per heavy atom. The molecule has 0 bridgehead atoms. The second kappa shape index (κ2) is 12.0. The molecule has 0 N–H and O–H groups in total. The van der Waals surface area contributed by atoms with E-state index in [0.717, 1.165) is 23.3 Å². The van der Waals surface area contributed by atoms with Gasteiger partial charge >= 0.3 is 5.97 Å². The lowest BCUT2D eigenvalue weighted by Gasteiger charge is -2.25. The number of hydrogen-bond donors (Lipinski definition) is 0. The molecule has 1 fully saturated rings. The predicted molar refractivity (Wildman–Crippen MR) is 154 cm³/mol. The van der Waals surface area contributed by atoms with Crippen LogP contribution in [0.1, 0.15) is 55.9 Å². The quantitative estimate of drug-likeness (QED) is 0.228. The Bertz CT molecular complexity index is 1530. The first kappa shape index (κ1) is 28.0. The molecule has 3 aromatic rings. The van der Waals surface area contributed by atoms with Crippen molar-refractivity contribution >= 4 is 5.97 Å². The number of ether oxygens (including phenoxy) is 4. The lowest BCUT2D eigenvalue weighted by molar-refractivity contribution is -0.144. The van der Waals surface area contributed by atoms with E-state index >= 15 is 4.39 Å². The molecule has 6 rings (SSSR count). The molecule has 4 atom stereocenters. The van der Waals surface area contributed by atoms with Crippen LogP contribution in [0.25, 0.3) is 0 Å². The van der Waals surface area contributed by atoms with Crippen molar-refractivity contribution in [1.29, 1.82) is 0 Å². The minimum absolute atomic E-state index is 0.0461. The zero-order chi connectivity index (χ0) is 29.2. The molecule has 0 heterocycles. The average molecular weight is 573 g/mol. The largest absolute Gasteiger partial charge is 0.490 e. The lowest BCUT2D eigenvalue weighted by atomic mass is 9.88. The monoisotopic (exact) mass is 572 g/mol. The fourth-order valence-electron chi connectivity index (χ4n) is 6.05. The highest BCUT2D eigenvalue weighted by Crippen LogP contribution is 2.50. The molecule has 3 aliphatic rings. The molecule has 0 saturated heterocycles. The Morgan fingerprint density at radius 3 is 2.55 bits per heavy atom. The van der Waals surface area contributed by atoms with Gasteiger partial charge in [0.25, 0.3) is 0 Å². The van der Waals surface area contributed by atoms with Gasteiger partial charge in [0, 0.05) is 23.6 Å². The smallest absolute Gasteiger partial charge is 0.309 e. The molecule has 1 saturated carbocycles. The van der Waals surface area contributed by atoms with E-state index in [1.54, 1.807) is 18.2 Å². The van der Waals surface area contributed by atoms with Crippen LogP contribution in [0.5, 0.6) is 17.2 Å². The van der Waals surface area contributed by atoms with Crippen LogP contribution >= 0.6 is 0 Å². The van der Waals surface area contributed by atoms with Gasteiger partial charge in [0.2, 0.25) is 0 Å². The second-order valence-corrected chi connectivity index (χ2v) is 11.2. The fourth-order valence-corrected chi connectivity index (χ4v) is 6.05. The van der Waals surface area contributed by atoms with Crippen LogP contribution in [0.4, 0.5) is 8.78 Å². The number of hydrogen-bond acceptors (Lipinski definition) is 5. The van der Waals surface area contributed by atoms with Crippen molar-refractivity contribution in [2.24, 2.45) is 17.8 Å². The minimum atomic E-state index is -0.533. The number of carbonyl (C=O) groups is 1. The van der Waals surface area contributed by atoms with Gasteiger partial charge in [0.1, 0.15) is 30.0 Å². The molecule has 42 heavy (non-hydrogen) atoms. The molecule has 0 radical (unpaired) electrons. The van der Waals surface area contributed by atoms with Gasteiger partial charge in [-0.2, -0.15) is 0 Å². The van der Waals surface area contributed by atoms with Crippen LogP contribution < -0.4 is 9.47 Å². The summed E-state index contributed by atoms with van der Waals surface area (Å²) in [5, 5.41) is 0. The summed E-state index contributed by atoms with van der Waals surface area (Å²) in [7, 11) is 0. The predicted octanol–water partition coefficient (Wildman–Crippen LogP) is 8.39. The maximum atomic E-state index is 15.1. The number of carbonyl (C=O) groups excluding carboxylic acids is 1. The van der Waals surface area contributed by atoms with Gasteiger partial charge in [0.15, 0.2) is 11.6 Å². The van der Waals surface area contributed by atoms with Crippen LogP contribution in [-0.2, 0) is 27.3 Å². The molecule has 218 valence electrons. The van der Waals surface area contributed by atoms with Crippen LogP contribution in [0.2, 0.25) is 0 Å². The lowest BCUT2D eigenvalue weighted by Crippen LogP contribution is -2.14. The third-order valence-electron chi connectivity index (χ3n) is 8.25. The third-order valence-corrected chi connectivity index (χ3v) is 8.25. The maximum Gasteiger partial charge on any atom is 0.309 e. The normalized spacial score (nSPS) is 22.5. The highest BCUT2D eigenvalue weighted by atomic mass is 19.1. The van der Waals surface area contributed by atoms with Crippen molar-refractivity contribution in [2.75, 3.05) is 6.61 Å². The Labute approximate surface area is 244 Å². The number of rotatable bonds is 10. The number of esters is 1. The SMILES string of the molecule is CCOC(=O)[C@H]1C[C@@H]1C1=CC=C(OC2CCc3c(Oc4ccc(OCc5ccccc5)c(F)c4)ccc(F)c32)CC1C. The minimum Gasteiger partial charge on any atom is -0.490 e. The zero-order valence-corrected chi connectivity index (χ0v) is 23.8. The van der Waals surface area contributed by atoms with Gasteiger partial charge in [-0.25, -0.2) is 8.78 Å². The molecule has 0 amide bonds. The Balaban J connectivity index is 1.12. The molecule has 7 heteroatoms. The molecule has 0 aliphatic heterocycles. The third kappa shape index (κ3) is 5.91. The summed E-state index contributed by atoms with van der Waals surface area (Å²) in [4.78, 5) is 12.1. The number of halogens is 2. The van der Waals surface area contributed by atoms with Crippen LogP contribution in [-0.4, -0.2) is 12.6 Å². The highest BCUT2D eigenvalue weighted by molar-refractivity contribution is 5.76. The van der Waals surface area contributed by atoms with E-state index in [2.05, 4.69) is 13.0 Å². The van der Waals surface area contributed by atoms with E-state index < -0.39 is 11.9 Å². The van der Waals surface area contributed by atoms with Crippen molar-refractivity contribution < 1.29 is 32.5 Å². The first-order chi connectivity index (χ1) is 20.4. The van der Waals surface area contributed by atoms with E-state index in [0.29, 0.717) is 42.9 Å². The Morgan fingerprint density at radius 1 is 0.976 bits per heavy atom. The van der Waals surface area contributed by atoms with E-state index in [-0.39, 0.29) is 41.9 Å². The summed E-state index contributed by atoms with van der Waals surface area (Å²) in [5.74, 6) is 1.15. The van der Waals surface area contributed by atoms with Gasteiger partial charge in [-0.1, -0.05) is 48.9 Å². The Kier molecular flexibility index (Phi) is 8.00. The number of benzene rings is 3. The van der Waals surface area contributed by atoms with E-state index in [9.17, 15) is 9.18 Å². The molecule has 2 unspecified atom stereocenters. The van der Waals surface area contributed by atoms with Gasteiger partial charge in [-0.15, -0.1) is 0 Å². The van der Waals surface area contributed by atoms with Crippen LogP contribution in [0.15, 0.2) is 84.1 Å². The van der Waals surface area contributed by atoms with Crippen molar-refractivity contribution in [3.05, 3.63) is 112 Å². The van der Waals surface area contributed by atoms with E-state index in [1.165, 1.54) is 17.7 Å². The van der Waals surface area contributed by atoms with Crippen molar-refractivity contribution in [2.45, 2.75) is 52.2 Å². The molecule has 0 spiro atoms. The average Bonchev–Trinajstić information content (AvgIpc) is 3.67. The van der Waals surface area contributed by atoms with Crippen LogP contribution in [0, 0.1) is 29.4 Å². The van der Waals surface area contributed by atoms with E-state index in [1.807, 2.05) is 43.3 Å². The molecule has 3 aromatic carbocycles. The summed E-state index contributed by atoms with van der Waals surface area (Å²) in [6.45, 7) is 4.61. The molecular weight excluding hydrogens is 538 g/mol. The first-order valence-electron chi connectivity index (χ1n) is 14.6. The zero-order valence-electron chi connectivity index (χ0n) is 23.8.